The molecule has 3 atom stereocenters. The molecule has 28 heavy (non-hydrogen) atoms. The predicted molar refractivity (Wildman–Crippen MR) is 91.7 cm³/mol. The van der Waals surface area contributed by atoms with Crippen LogP contribution in [0, 0.1) is 6.92 Å². The zero-order valence-electron chi connectivity index (χ0n) is 14.9. The number of aromatic amines is 1. The second-order valence-corrected chi connectivity index (χ2v) is 6.58. The van der Waals surface area contributed by atoms with Gasteiger partial charge in [0, 0.05) is 12.6 Å². The van der Waals surface area contributed by atoms with Gasteiger partial charge in [-0.1, -0.05) is 24.3 Å². The summed E-state index contributed by atoms with van der Waals surface area (Å²) in [6, 6.07) is 7.58. The molecule has 1 aromatic carbocycles. The van der Waals surface area contributed by atoms with E-state index in [4.69, 9.17) is 9.47 Å². The molecule has 0 saturated carbocycles. The molecule has 1 saturated heterocycles. The van der Waals surface area contributed by atoms with Crippen molar-refractivity contribution in [2.75, 3.05) is 6.61 Å². The highest BCUT2D eigenvalue weighted by molar-refractivity contribution is 5.24. The van der Waals surface area contributed by atoms with E-state index in [1.54, 1.807) is 4.98 Å². The Morgan fingerprint density at radius 3 is 2.71 bits per heavy atom. The summed E-state index contributed by atoms with van der Waals surface area (Å²) in [7, 11) is 0. The molecule has 1 aliphatic heterocycles. The number of aliphatic hydroxyl groups excluding tert-OH is 1. The first-order valence-corrected chi connectivity index (χ1v) is 8.55. The first kappa shape index (κ1) is 20.3. The van der Waals surface area contributed by atoms with E-state index in [9.17, 15) is 27.9 Å². The fourth-order valence-corrected chi connectivity index (χ4v) is 2.99. The molecule has 2 heterocycles. The minimum Gasteiger partial charge on any atom is -0.390 e. The highest BCUT2D eigenvalue weighted by Crippen LogP contribution is 2.30. The molecular weight excluding hydrogens is 381 g/mol. The molecule has 0 spiro atoms. The summed E-state index contributed by atoms with van der Waals surface area (Å²) in [5, 5.41) is 10.1. The lowest BCUT2D eigenvalue weighted by atomic mass is 10.1. The minimum absolute atomic E-state index is 0.00374. The van der Waals surface area contributed by atoms with Crippen molar-refractivity contribution in [1.29, 1.82) is 0 Å². The zero-order chi connectivity index (χ0) is 20.5. The maximum absolute atomic E-state index is 12.9. The van der Waals surface area contributed by atoms with Gasteiger partial charge in [0.05, 0.1) is 19.3 Å². The maximum atomic E-state index is 12.9. The molecule has 10 heteroatoms. The average Bonchev–Trinajstić information content (AvgIpc) is 2.96. The van der Waals surface area contributed by atoms with E-state index >= 15 is 0 Å². The Morgan fingerprint density at radius 1 is 1.32 bits per heavy atom. The van der Waals surface area contributed by atoms with Crippen molar-refractivity contribution in [3.05, 3.63) is 68.0 Å². The molecule has 1 fully saturated rings. The number of ether oxygens (including phenoxy) is 2. The predicted octanol–water partition coefficient (Wildman–Crippen LogP) is 1.73. The summed E-state index contributed by atoms with van der Waals surface area (Å²) in [6.07, 6.45) is -7.61. The fourth-order valence-electron chi connectivity index (χ4n) is 2.99. The Hall–Kier alpha value is -2.43. The summed E-state index contributed by atoms with van der Waals surface area (Å²) in [5.74, 6) is 0. The van der Waals surface area contributed by atoms with Gasteiger partial charge in [0.2, 0.25) is 0 Å². The molecule has 0 amide bonds. The lowest BCUT2D eigenvalue weighted by Gasteiger charge is -2.17. The highest BCUT2D eigenvalue weighted by Gasteiger charge is 2.39. The molecule has 2 aromatic rings. The number of nitrogens with one attached hydrogen (secondary N) is 1. The average molecular weight is 400 g/mol. The summed E-state index contributed by atoms with van der Waals surface area (Å²) >= 11 is 0. The number of benzene rings is 1. The van der Waals surface area contributed by atoms with Crippen molar-refractivity contribution in [1.82, 2.24) is 9.55 Å². The molecule has 7 nitrogen and oxygen atoms in total. The molecule has 152 valence electrons. The van der Waals surface area contributed by atoms with Crippen molar-refractivity contribution < 1.29 is 27.8 Å². The summed E-state index contributed by atoms with van der Waals surface area (Å²) in [4.78, 5) is 24.9. The molecule has 0 radical (unpaired) electrons. The number of aryl methyl sites for hydroxylation is 1. The third-order valence-electron chi connectivity index (χ3n) is 4.59. The third kappa shape index (κ3) is 4.34. The number of alkyl halides is 3. The van der Waals surface area contributed by atoms with Crippen LogP contribution >= 0.6 is 0 Å². The van der Waals surface area contributed by atoms with Crippen LogP contribution in [-0.2, 0) is 22.3 Å². The van der Waals surface area contributed by atoms with Gasteiger partial charge in [-0.05, 0) is 18.1 Å². The lowest BCUT2D eigenvalue weighted by Crippen LogP contribution is -2.36. The normalized spacial score (nSPS) is 22.5. The Morgan fingerprint density at radius 2 is 2.04 bits per heavy atom. The van der Waals surface area contributed by atoms with Crippen LogP contribution in [0.1, 0.15) is 29.3 Å². The van der Waals surface area contributed by atoms with Crippen LogP contribution < -0.4 is 11.2 Å². The van der Waals surface area contributed by atoms with E-state index < -0.39 is 41.4 Å². The smallest absolute Gasteiger partial charge is 0.390 e. The molecule has 1 unspecified atom stereocenters. The monoisotopic (exact) mass is 400 g/mol. The number of aromatic nitrogens is 2. The van der Waals surface area contributed by atoms with E-state index in [2.05, 4.69) is 0 Å². The lowest BCUT2D eigenvalue weighted by molar-refractivity contribution is -0.139. The molecule has 1 aliphatic rings. The SMILES string of the molecule is Cc1ccccc1COC[C@@H]1O[C@H](n2cc(C(F)(F)F)c(=O)[nH]c2=O)CC1O. The number of nitrogens with zero attached hydrogens (tertiary/aromatic N) is 1. The maximum Gasteiger partial charge on any atom is 0.423 e. The summed E-state index contributed by atoms with van der Waals surface area (Å²) in [6.45, 7) is 2.20. The van der Waals surface area contributed by atoms with Gasteiger partial charge in [0.1, 0.15) is 17.9 Å². The van der Waals surface area contributed by atoms with Crippen LogP contribution in [-0.4, -0.2) is 33.5 Å². The van der Waals surface area contributed by atoms with Crippen LogP contribution in [0.2, 0.25) is 0 Å². The fraction of sp³-hybridized carbons (Fsp3) is 0.444. The summed E-state index contributed by atoms with van der Waals surface area (Å²) < 4.78 is 50.5. The van der Waals surface area contributed by atoms with E-state index in [1.807, 2.05) is 31.2 Å². The van der Waals surface area contributed by atoms with Gasteiger partial charge in [-0.3, -0.25) is 14.3 Å². The van der Waals surface area contributed by atoms with Gasteiger partial charge >= 0.3 is 11.9 Å². The van der Waals surface area contributed by atoms with Crippen molar-refractivity contribution >= 4 is 0 Å². The van der Waals surface area contributed by atoms with Gasteiger partial charge in [-0.25, -0.2) is 4.79 Å². The Balaban J connectivity index is 1.69. The van der Waals surface area contributed by atoms with Crippen LogP contribution in [0.5, 0.6) is 0 Å². The van der Waals surface area contributed by atoms with Gasteiger partial charge in [-0.2, -0.15) is 13.2 Å². The van der Waals surface area contributed by atoms with E-state index in [0.717, 1.165) is 11.1 Å². The van der Waals surface area contributed by atoms with Crippen LogP contribution in [0.25, 0.3) is 0 Å². The van der Waals surface area contributed by atoms with Crippen molar-refractivity contribution in [3.8, 4) is 0 Å². The van der Waals surface area contributed by atoms with Crippen LogP contribution in [0.4, 0.5) is 13.2 Å². The van der Waals surface area contributed by atoms with E-state index in [1.165, 1.54) is 0 Å². The number of aliphatic hydroxyl groups is 1. The molecule has 0 bridgehead atoms. The molecule has 2 N–H and O–H groups in total. The first-order valence-electron chi connectivity index (χ1n) is 8.55. The largest absolute Gasteiger partial charge is 0.423 e. The molecule has 0 aliphatic carbocycles. The Labute approximate surface area is 157 Å². The number of H-pyrrole nitrogens is 1. The van der Waals surface area contributed by atoms with Gasteiger partial charge in [0.15, 0.2) is 0 Å². The van der Waals surface area contributed by atoms with E-state index in [0.29, 0.717) is 10.8 Å². The Bertz CT molecular complexity index is 953. The standard InChI is InChI=1S/C18H19F3N2O5/c1-10-4-2-3-5-11(10)8-27-9-14-13(24)6-15(28-14)23-7-12(18(19,20)21)16(25)22-17(23)26/h2-5,7,13-15,24H,6,8-9H2,1H3,(H,22,25,26)/t13?,14-,15-/m0/s1. The van der Waals surface area contributed by atoms with Gasteiger partial charge < -0.3 is 14.6 Å². The van der Waals surface area contributed by atoms with E-state index in [-0.39, 0.29) is 19.6 Å². The Kier molecular flexibility index (Phi) is 5.73. The zero-order valence-corrected chi connectivity index (χ0v) is 14.9. The number of halogens is 3. The molecule has 3 rings (SSSR count). The van der Waals surface area contributed by atoms with Crippen molar-refractivity contribution in [2.45, 2.75) is 44.6 Å². The van der Waals surface area contributed by atoms with Crippen molar-refractivity contribution in [3.63, 3.8) is 0 Å². The van der Waals surface area contributed by atoms with Crippen molar-refractivity contribution in [2.24, 2.45) is 0 Å². The topological polar surface area (TPSA) is 93.5 Å². The quantitative estimate of drug-likeness (QED) is 0.797. The first-order chi connectivity index (χ1) is 13.2. The number of rotatable bonds is 5. The van der Waals surface area contributed by atoms with Crippen LogP contribution in [0.3, 0.4) is 0 Å². The van der Waals surface area contributed by atoms with Crippen LogP contribution in [0.15, 0.2) is 40.1 Å². The number of hydrogen-bond donors (Lipinski definition) is 2. The minimum atomic E-state index is -4.92. The van der Waals surface area contributed by atoms with Gasteiger partial charge in [0.25, 0.3) is 5.56 Å². The van der Waals surface area contributed by atoms with Gasteiger partial charge in [-0.15, -0.1) is 0 Å². The highest BCUT2D eigenvalue weighted by atomic mass is 19.4. The second-order valence-electron chi connectivity index (χ2n) is 6.58. The summed E-state index contributed by atoms with van der Waals surface area (Å²) in [5.41, 5.74) is -2.09. The number of hydrogen-bond acceptors (Lipinski definition) is 5. The third-order valence-corrected chi connectivity index (χ3v) is 4.59. The molecular formula is C18H19F3N2O5. The molecule has 1 aromatic heterocycles. The second kappa shape index (κ2) is 7.90.